The summed E-state index contributed by atoms with van der Waals surface area (Å²) >= 11 is 0. The molecule has 0 aliphatic heterocycles. The highest BCUT2D eigenvalue weighted by atomic mass is 16.4. The summed E-state index contributed by atoms with van der Waals surface area (Å²) in [6.45, 7) is 9.52. The molecule has 5 saturated carbocycles. The Morgan fingerprint density at radius 2 is 1.59 bits per heavy atom. The van der Waals surface area contributed by atoms with Crippen LogP contribution >= 0.6 is 0 Å². The van der Waals surface area contributed by atoms with Crippen LogP contribution in [0.2, 0.25) is 0 Å². The van der Waals surface area contributed by atoms with Crippen LogP contribution in [0.4, 0.5) is 0 Å². The van der Waals surface area contributed by atoms with E-state index in [-0.39, 0.29) is 10.8 Å². The predicted octanol–water partition coefficient (Wildman–Crippen LogP) is 6.11. The van der Waals surface area contributed by atoms with E-state index in [1.807, 2.05) is 0 Å². The molecule has 8 atom stereocenters. The number of carboxylic acids is 1. The van der Waals surface area contributed by atoms with Gasteiger partial charge in [-0.1, -0.05) is 34.1 Å². The summed E-state index contributed by atoms with van der Waals surface area (Å²) in [7, 11) is 0. The van der Waals surface area contributed by atoms with E-state index in [1.54, 1.807) is 0 Å². The van der Waals surface area contributed by atoms with Crippen molar-refractivity contribution in [3.8, 4) is 0 Å². The lowest BCUT2D eigenvalue weighted by Gasteiger charge is -2.68. The molecule has 0 aromatic heterocycles. The summed E-state index contributed by atoms with van der Waals surface area (Å²) in [5, 5.41) is 10.1. The molecule has 8 unspecified atom stereocenters. The minimum atomic E-state index is -0.506. The summed E-state index contributed by atoms with van der Waals surface area (Å²) in [6, 6.07) is 0. The number of aliphatic carboxylic acids is 1. The van der Waals surface area contributed by atoms with Crippen molar-refractivity contribution in [3.05, 3.63) is 0 Å². The number of Topliss-reactive ketones (excluding diaryl/α,β-unsaturated/α-hetero) is 1. The quantitative estimate of drug-likeness (QED) is 0.578. The number of carbonyl (C=O) groups excluding carboxylic acids is 1. The predicted molar refractivity (Wildman–Crippen MR) is 113 cm³/mol. The monoisotopic (exact) mass is 400 g/mol. The lowest BCUT2D eigenvalue weighted by Crippen LogP contribution is -2.62. The second kappa shape index (κ2) is 6.10. The lowest BCUT2D eigenvalue weighted by molar-refractivity contribution is -0.200. The molecular weight excluding hydrogens is 360 g/mol. The minimum Gasteiger partial charge on any atom is -0.481 e. The van der Waals surface area contributed by atoms with Crippen LogP contribution in [0.3, 0.4) is 0 Å². The molecule has 0 spiro atoms. The number of hydrogen-bond donors (Lipinski definition) is 1. The van der Waals surface area contributed by atoms with E-state index in [9.17, 15) is 14.7 Å². The number of fused-ring (bicyclic) bond motifs is 7. The first-order valence-electron chi connectivity index (χ1n) is 12.3. The Morgan fingerprint density at radius 1 is 0.828 bits per heavy atom. The van der Waals surface area contributed by atoms with Gasteiger partial charge in [-0.05, 0) is 98.2 Å². The fourth-order valence-corrected chi connectivity index (χ4v) is 10.4. The Balaban J connectivity index is 1.49. The van der Waals surface area contributed by atoms with Crippen LogP contribution in [0, 0.1) is 51.2 Å². The Morgan fingerprint density at radius 3 is 2.31 bits per heavy atom. The van der Waals surface area contributed by atoms with Crippen LogP contribution in [0.5, 0.6) is 0 Å². The van der Waals surface area contributed by atoms with Crippen LogP contribution in [-0.2, 0) is 9.59 Å². The van der Waals surface area contributed by atoms with Crippen LogP contribution < -0.4 is 0 Å². The fraction of sp³-hybridized carbons (Fsp3) is 0.923. The van der Waals surface area contributed by atoms with Crippen LogP contribution in [0.1, 0.15) is 98.3 Å². The molecular formula is C26H40O3. The molecule has 0 saturated heterocycles. The lowest BCUT2D eigenvalue weighted by atomic mass is 9.36. The second-order valence-corrected chi connectivity index (χ2v) is 12.6. The van der Waals surface area contributed by atoms with Crippen molar-refractivity contribution in [2.75, 3.05) is 0 Å². The summed E-state index contributed by atoms with van der Waals surface area (Å²) in [5.41, 5.74) is 0.0106. The SMILES string of the molecule is CC1(C)C(=O)CCC2(C)C1CCC1(C)C3CCC4(C(=O)O)CCCC4C3CCC12. The van der Waals surface area contributed by atoms with E-state index in [0.29, 0.717) is 40.8 Å². The van der Waals surface area contributed by atoms with Gasteiger partial charge in [-0.15, -0.1) is 0 Å². The molecule has 0 radical (unpaired) electrons. The van der Waals surface area contributed by atoms with Crippen LogP contribution in [0.25, 0.3) is 0 Å². The van der Waals surface area contributed by atoms with Crippen molar-refractivity contribution in [2.24, 2.45) is 51.2 Å². The Bertz CT molecular complexity index is 740. The third-order valence-corrected chi connectivity index (χ3v) is 11.7. The topological polar surface area (TPSA) is 54.4 Å². The zero-order valence-corrected chi connectivity index (χ0v) is 18.9. The van der Waals surface area contributed by atoms with Gasteiger partial charge in [0.15, 0.2) is 0 Å². The molecule has 5 aliphatic rings. The maximum Gasteiger partial charge on any atom is 0.309 e. The Hall–Kier alpha value is -0.860. The molecule has 0 amide bonds. The summed E-state index contributed by atoms with van der Waals surface area (Å²) < 4.78 is 0. The summed E-state index contributed by atoms with van der Waals surface area (Å²) in [4.78, 5) is 25.1. The van der Waals surface area contributed by atoms with Gasteiger partial charge in [0.25, 0.3) is 0 Å². The zero-order valence-electron chi connectivity index (χ0n) is 18.9. The van der Waals surface area contributed by atoms with Crippen molar-refractivity contribution >= 4 is 11.8 Å². The Kier molecular flexibility index (Phi) is 4.22. The van der Waals surface area contributed by atoms with Gasteiger partial charge in [0, 0.05) is 11.8 Å². The number of carboxylic acid groups (broad SMARTS) is 1. The van der Waals surface area contributed by atoms with Crippen molar-refractivity contribution < 1.29 is 14.7 Å². The fourth-order valence-electron chi connectivity index (χ4n) is 10.4. The van der Waals surface area contributed by atoms with Crippen molar-refractivity contribution in [1.82, 2.24) is 0 Å². The standard InChI is InChI=1S/C26H40O3/c1-23(2)19-10-13-24(3)17-9-15-26(22(28)29)12-5-6-18(26)16(17)7-8-20(24)25(19,4)14-11-21(23)27/h16-20H,5-15H2,1-4H3,(H,28,29). The highest BCUT2D eigenvalue weighted by molar-refractivity contribution is 5.85. The van der Waals surface area contributed by atoms with Gasteiger partial charge in [0.1, 0.15) is 5.78 Å². The van der Waals surface area contributed by atoms with Crippen molar-refractivity contribution in [2.45, 2.75) is 98.3 Å². The molecule has 1 N–H and O–H groups in total. The number of rotatable bonds is 1. The van der Waals surface area contributed by atoms with Gasteiger partial charge < -0.3 is 5.11 Å². The van der Waals surface area contributed by atoms with Gasteiger partial charge in [0.2, 0.25) is 0 Å². The molecule has 0 aromatic rings. The number of carbonyl (C=O) groups is 2. The molecule has 0 heterocycles. The van der Waals surface area contributed by atoms with E-state index in [0.717, 1.165) is 44.9 Å². The molecule has 5 rings (SSSR count). The third-order valence-electron chi connectivity index (χ3n) is 11.7. The molecule has 3 heteroatoms. The van der Waals surface area contributed by atoms with E-state index in [2.05, 4.69) is 27.7 Å². The van der Waals surface area contributed by atoms with Crippen molar-refractivity contribution in [1.29, 1.82) is 0 Å². The maximum absolute atomic E-state index is 12.7. The van der Waals surface area contributed by atoms with E-state index in [4.69, 9.17) is 0 Å². The van der Waals surface area contributed by atoms with Crippen molar-refractivity contribution in [3.63, 3.8) is 0 Å². The van der Waals surface area contributed by atoms with Gasteiger partial charge in [0.05, 0.1) is 5.41 Å². The van der Waals surface area contributed by atoms with Gasteiger partial charge in [-0.3, -0.25) is 9.59 Å². The summed E-state index contributed by atoms with van der Waals surface area (Å²) in [5.74, 6) is 2.89. The highest BCUT2D eigenvalue weighted by Gasteiger charge is 2.67. The zero-order chi connectivity index (χ0) is 20.8. The van der Waals surface area contributed by atoms with Gasteiger partial charge in [-0.2, -0.15) is 0 Å². The van der Waals surface area contributed by atoms with Crippen LogP contribution in [-0.4, -0.2) is 16.9 Å². The average molecular weight is 401 g/mol. The first-order valence-corrected chi connectivity index (χ1v) is 12.3. The normalized spacial score (nSPS) is 53.4. The smallest absolute Gasteiger partial charge is 0.309 e. The molecule has 0 aromatic carbocycles. The number of hydrogen-bond acceptors (Lipinski definition) is 2. The molecule has 29 heavy (non-hydrogen) atoms. The highest BCUT2D eigenvalue weighted by Crippen LogP contribution is 2.72. The average Bonchev–Trinajstić information content (AvgIpc) is 3.11. The molecule has 5 aliphatic carbocycles. The first-order chi connectivity index (χ1) is 13.6. The van der Waals surface area contributed by atoms with E-state index in [1.165, 1.54) is 25.7 Å². The Labute approximate surface area is 176 Å². The molecule has 162 valence electrons. The third kappa shape index (κ3) is 2.37. The van der Waals surface area contributed by atoms with Gasteiger partial charge in [-0.25, -0.2) is 0 Å². The van der Waals surface area contributed by atoms with Crippen LogP contribution in [0.15, 0.2) is 0 Å². The number of ketones is 1. The first kappa shape index (κ1) is 20.1. The van der Waals surface area contributed by atoms with E-state index < -0.39 is 11.4 Å². The summed E-state index contributed by atoms with van der Waals surface area (Å²) in [6.07, 6.45) is 11.9. The molecule has 5 fully saturated rings. The molecule has 0 bridgehead atoms. The molecule has 3 nitrogen and oxygen atoms in total. The van der Waals surface area contributed by atoms with E-state index >= 15 is 0 Å². The maximum atomic E-state index is 12.7. The minimum absolute atomic E-state index is 0.179. The largest absolute Gasteiger partial charge is 0.481 e. The second-order valence-electron chi connectivity index (χ2n) is 12.6. The van der Waals surface area contributed by atoms with Gasteiger partial charge >= 0.3 is 5.97 Å².